The number of aromatic nitrogens is 1. The zero-order chi connectivity index (χ0) is 33.6. The molecule has 10 heteroatoms. The van der Waals surface area contributed by atoms with Crippen LogP contribution in [0.25, 0.3) is 0 Å². The molecule has 0 bridgehead atoms. The molecular formula is C36H59ClFN5O2S. The first kappa shape index (κ1) is 43.8. The van der Waals surface area contributed by atoms with Gasteiger partial charge in [-0.3, -0.25) is 9.78 Å². The van der Waals surface area contributed by atoms with Gasteiger partial charge in [-0.25, -0.2) is 8.70 Å². The number of carbonyl (C=O) groups is 1. The molecule has 46 heavy (non-hydrogen) atoms. The number of piperazine rings is 1. The van der Waals surface area contributed by atoms with Gasteiger partial charge in [0, 0.05) is 42.0 Å². The Labute approximate surface area is 288 Å². The predicted molar refractivity (Wildman–Crippen MR) is 197 cm³/mol. The minimum Gasteiger partial charge on any atom is -0.375 e. The molecule has 2 aromatic rings. The van der Waals surface area contributed by atoms with Gasteiger partial charge >= 0.3 is 0 Å². The summed E-state index contributed by atoms with van der Waals surface area (Å²) in [6.07, 6.45) is 19.4. The standard InChI is InChI=1S/C17H25ClO.C15H23FN4OS.C2H2.CH5N.CH4/c1-4-16-11-14(10-12(3)19-16)17(5-2)13-6-8-15(18)9-7-13;1-2-7-22-20-6-5-17-8-12(20)3-4-13-14(16)9-18-10-15(13)19-11-21;2*1-2;/h6-9,12,14,16-17H,4-5,10-11H2,1-3H3;9-12,17H,2-8H2,1H3,(H,19,21);1-2H;2H2,1H3;1H4. The van der Waals surface area contributed by atoms with Crippen LogP contribution in [0.2, 0.25) is 5.02 Å². The lowest BCUT2D eigenvalue weighted by molar-refractivity contribution is -0.105. The first-order valence-electron chi connectivity index (χ1n) is 16.1. The number of rotatable bonds is 12. The van der Waals surface area contributed by atoms with Crippen molar-refractivity contribution in [3.8, 4) is 12.8 Å². The summed E-state index contributed by atoms with van der Waals surface area (Å²) in [4.78, 5) is 14.4. The lowest BCUT2D eigenvalue weighted by atomic mass is 9.76. The van der Waals surface area contributed by atoms with Gasteiger partial charge in [0.1, 0.15) is 5.82 Å². The van der Waals surface area contributed by atoms with Crippen LogP contribution in [0.4, 0.5) is 10.1 Å². The molecule has 4 rings (SSSR count). The summed E-state index contributed by atoms with van der Waals surface area (Å²) < 4.78 is 22.4. The number of anilines is 1. The Morgan fingerprint density at radius 3 is 2.52 bits per heavy atom. The van der Waals surface area contributed by atoms with E-state index < -0.39 is 0 Å². The van der Waals surface area contributed by atoms with E-state index in [-0.39, 0.29) is 13.2 Å². The number of halogens is 2. The van der Waals surface area contributed by atoms with Gasteiger partial charge in [-0.05, 0) is 88.4 Å². The summed E-state index contributed by atoms with van der Waals surface area (Å²) in [5, 5.41) is 6.76. The van der Waals surface area contributed by atoms with Crippen LogP contribution < -0.4 is 16.4 Å². The summed E-state index contributed by atoms with van der Waals surface area (Å²) in [6.45, 7) is 11.8. The van der Waals surface area contributed by atoms with E-state index in [0.29, 0.717) is 48.2 Å². The molecule has 1 amide bonds. The molecule has 1 aromatic heterocycles. The first-order valence-corrected chi connectivity index (χ1v) is 17.5. The highest BCUT2D eigenvalue weighted by molar-refractivity contribution is 7.97. The van der Waals surface area contributed by atoms with E-state index in [4.69, 9.17) is 16.3 Å². The fraction of sp³-hybridized carbons (Fsp3) is 0.611. The second-order valence-electron chi connectivity index (χ2n) is 11.1. The molecule has 2 aliphatic rings. The van der Waals surface area contributed by atoms with Gasteiger partial charge in [0.25, 0.3) is 0 Å². The fourth-order valence-corrected chi connectivity index (χ4v) is 7.18. The molecule has 3 heterocycles. The zero-order valence-electron chi connectivity index (χ0n) is 27.8. The number of amides is 1. The number of pyridine rings is 1. The number of nitrogens with zero attached hydrogens (tertiary/aromatic N) is 2. The summed E-state index contributed by atoms with van der Waals surface area (Å²) in [5.41, 5.74) is 6.93. The largest absolute Gasteiger partial charge is 0.375 e. The van der Waals surface area contributed by atoms with E-state index >= 15 is 0 Å². The van der Waals surface area contributed by atoms with Crippen LogP contribution >= 0.6 is 23.5 Å². The molecule has 0 aliphatic carbocycles. The average molecular weight is 680 g/mol. The summed E-state index contributed by atoms with van der Waals surface area (Å²) >= 11 is 7.87. The molecule has 0 spiro atoms. The number of benzene rings is 1. The predicted octanol–water partition coefficient (Wildman–Crippen LogP) is 7.94. The fourth-order valence-electron chi connectivity index (χ4n) is 6.02. The summed E-state index contributed by atoms with van der Waals surface area (Å²) in [5.74, 6) is 2.12. The number of ether oxygens (including phenoxy) is 1. The maximum absolute atomic E-state index is 14.0. The van der Waals surface area contributed by atoms with Crippen molar-refractivity contribution in [2.45, 2.75) is 104 Å². The quantitative estimate of drug-likeness (QED) is 0.119. The van der Waals surface area contributed by atoms with Gasteiger partial charge in [-0.1, -0.05) is 63.9 Å². The van der Waals surface area contributed by atoms with Crippen molar-refractivity contribution in [2.24, 2.45) is 11.7 Å². The maximum Gasteiger partial charge on any atom is 0.211 e. The molecule has 0 saturated carbocycles. The molecule has 2 saturated heterocycles. The van der Waals surface area contributed by atoms with Crippen LogP contribution in [-0.2, 0) is 16.0 Å². The highest BCUT2D eigenvalue weighted by Crippen LogP contribution is 2.39. The van der Waals surface area contributed by atoms with E-state index in [1.807, 2.05) is 24.1 Å². The number of nitrogens with one attached hydrogen (secondary N) is 2. The Kier molecular flexibility index (Phi) is 24.6. The highest BCUT2D eigenvalue weighted by atomic mass is 35.5. The van der Waals surface area contributed by atoms with E-state index in [1.165, 1.54) is 44.3 Å². The van der Waals surface area contributed by atoms with Crippen LogP contribution in [0.15, 0.2) is 36.7 Å². The third-order valence-electron chi connectivity index (χ3n) is 8.09. The van der Waals surface area contributed by atoms with Gasteiger partial charge < -0.3 is 21.1 Å². The number of carbonyl (C=O) groups excluding carboxylic acids is 1. The molecule has 5 atom stereocenters. The monoisotopic (exact) mass is 679 g/mol. The van der Waals surface area contributed by atoms with Gasteiger partial charge in [0.15, 0.2) is 0 Å². The summed E-state index contributed by atoms with van der Waals surface area (Å²) in [6, 6.07) is 8.79. The molecule has 0 radical (unpaired) electrons. The average Bonchev–Trinajstić information content (AvgIpc) is 3.07. The van der Waals surface area contributed by atoms with Crippen LogP contribution in [-0.4, -0.2) is 66.4 Å². The van der Waals surface area contributed by atoms with Gasteiger partial charge in [-0.15, -0.1) is 12.8 Å². The van der Waals surface area contributed by atoms with Crippen LogP contribution in [0.5, 0.6) is 0 Å². The van der Waals surface area contributed by atoms with Crippen molar-refractivity contribution in [1.29, 1.82) is 0 Å². The molecule has 1 aromatic carbocycles. The van der Waals surface area contributed by atoms with Crippen molar-refractivity contribution >= 4 is 35.6 Å². The minimum absolute atomic E-state index is 0. The lowest BCUT2D eigenvalue weighted by Crippen LogP contribution is -2.48. The third kappa shape index (κ3) is 14.7. The van der Waals surface area contributed by atoms with Crippen molar-refractivity contribution in [2.75, 3.05) is 37.8 Å². The Bertz CT molecular complexity index is 1090. The van der Waals surface area contributed by atoms with Gasteiger partial charge in [-0.2, -0.15) is 0 Å². The number of terminal acetylenes is 1. The Balaban J connectivity index is 0.000000785. The number of hydrogen-bond acceptors (Lipinski definition) is 7. The third-order valence-corrected chi connectivity index (χ3v) is 9.75. The summed E-state index contributed by atoms with van der Waals surface area (Å²) in [7, 11) is 1.50. The first-order chi connectivity index (χ1) is 21.9. The zero-order valence-corrected chi connectivity index (χ0v) is 29.4. The van der Waals surface area contributed by atoms with Crippen molar-refractivity contribution < 1.29 is 13.9 Å². The molecular weight excluding hydrogens is 621 g/mol. The molecule has 260 valence electrons. The van der Waals surface area contributed by atoms with E-state index in [9.17, 15) is 9.18 Å². The van der Waals surface area contributed by atoms with E-state index in [0.717, 1.165) is 55.6 Å². The molecule has 2 aliphatic heterocycles. The number of nitrogens with two attached hydrogens (primary N) is 1. The molecule has 5 unspecified atom stereocenters. The second kappa shape index (κ2) is 25.8. The topological polar surface area (TPSA) is 92.5 Å². The van der Waals surface area contributed by atoms with Crippen LogP contribution in [0.3, 0.4) is 0 Å². The Morgan fingerprint density at radius 2 is 1.91 bits per heavy atom. The minimum atomic E-state index is -0.358. The number of hydrogen-bond donors (Lipinski definition) is 3. The van der Waals surface area contributed by atoms with Gasteiger partial charge in [0.05, 0.1) is 30.3 Å². The van der Waals surface area contributed by atoms with Crippen LogP contribution in [0.1, 0.15) is 90.7 Å². The smallest absolute Gasteiger partial charge is 0.211 e. The Morgan fingerprint density at radius 1 is 1.22 bits per heavy atom. The van der Waals surface area contributed by atoms with Crippen molar-refractivity contribution in [3.05, 3.63) is 58.6 Å². The van der Waals surface area contributed by atoms with Crippen molar-refractivity contribution in [1.82, 2.24) is 14.6 Å². The Hall–Kier alpha value is -2.19. The highest BCUT2D eigenvalue weighted by Gasteiger charge is 2.31. The second-order valence-corrected chi connectivity index (χ2v) is 12.6. The van der Waals surface area contributed by atoms with Crippen molar-refractivity contribution in [3.63, 3.8) is 0 Å². The van der Waals surface area contributed by atoms with E-state index in [2.05, 4.69) is 78.3 Å². The molecule has 2 fully saturated rings. The SMILES string of the molecule is C.C#C.CCC1CC(C(CC)c2ccc(Cl)cc2)CC(C)O1.CCCSN1CCNCC1CCc1c(F)cncc1NC=O.CN. The normalized spacial score (nSPS) is 21.3. The van der Waals surface area contributed by atoms with Crippen LogP contribution in [0, 0.1) is 24.6 Å². The lowest BCUT2D eigenvalue weighted by Gasteiger charge is -2.37. The maximum atomic E-state index is 14.0. The van der Waals surface area contributed by atoms with E-state index in [1.54, 1.807) is 0 Å². The van der Waals surface area contributed by atoms with Gasteiger partial charge in [0.2, 0.25) is 6.41 Å². The molecule has 4 N–H and O–H groups in total. The molecule has 7 nitrogen and oxygen atoms in total.